The molecule has 0 saturated carbocycles. The SMILES string of the molecule is CCCCCC=CCC=CCCCCCCCCOCC(COCC(CCN(C)C)OCCCCCCCCC=CCC=CCCCCC)OCCCCCCCCC=CCC=CCCCCC. The van der Waals surface area contributed by atoms with Crippen molar-refractivity contribution in [1.82, 2.24) is 4.90 Å². The van der Waals surface area contributed by atoms with Gasteiger partial charge < -0.3 is 23.8 Å². The molecular formula is C63H117NO4. The van der Waals surface area contributed by atoms with Crippen LogP contribution in [0.5, 0.6) is 0 Å². The zero-order valence-electron chi connectivity index (χ0n) is 46.3. The third-order valence-electron chi connectivity index (χ3n) is 12.7. The first kappa shape index (κ1) is 66.2. The maximum atomic E-state index is 6.44. The lowest BCUT2D eigenvalue weighted by Crippen LogP contribution is -2.31. The number of allylic oxidation sites excluding steroid dienone is 12. The molecule has 0 amide bonds. The molecule has 0 bridgehead atoms. The van der Waals surface area contributed by atoms with Crippen molar-refractivity contribution in [1.29, 1.82) is 0 Å². The van der Waals surface area contributed by atoms with Gasteiger partial charge in [0.2, 0.25) is 0 Å². The van der Waals surface area contributed by atoms with Gasteiger partial charge in [-0.3, -0.25) is 0 Å². The Bertz CT molecular complexity index is 1120. The molecule has 68 heavy (non-hydrogen) atoms. The van der Waals surface area contributed by atoms with Crippen LogP contribution in [0.1, 0.15) is 258 Å². The van der Waals surface area contributed by atoms with Crippen LogP contribution in [0.2, 0.25) is 0 Å². The lowest BCUT2D eigenvalue weighted by Gasteiger charge is -2.23. The van der Waals surface area contributed by atoms with Gasteiger partial charge in [-0.25, -0.2) is 0 Å². The summed E-state index contributed by atoms with van der Waals surface area (Å²) in [6, 6.07) is 0. The Labute approximate surface area is 425 Å². The molecule has 0 aliphatic carbocycles. The van der Waals surface area contributed by atoms with Gasteiger partial charge in [0, 0.05) is 26.4 Å². The van der Waals surface area contributed by atoms with Crippen LogP contribution in [0.4, 0.5) is 0 Å². The summed E-state index contributed by atoms with van der Waals surface area (Å²) in [7, 11) is 4.29. The Balaban J connectivity index is 4.53. The number of nitrogens with zero attached hydrogens (tertiary/aromatic N) is 1. The van der Waals surface area contributed by atoms with Crippen LogP contribution in [0.25, 0.3) is 0 Å². The first-order chi connectivity index (χ1) is 33.6. The minimum atomic E-state index is -0.0280. The topological polar surface area (TPSA) is 40.2 Å². The van der Waals surface area contributed by atoms with Crippen molar-refractivity contribution >= 4 is 0 Å². The van der Waals surface area contributed by atoms with Gasteiger partial charge in [0.25, 0.3) is 0 Å². The van der Waals surface area contributed by atoms with Crippen molar-refractivity contribution in [2.45, 2.75) is 271 Å². The fraction of sp³-hybridized carbons (Fsp3) is 0.810. The van der Waals surface area contributed by atoms with Crippen molar-refractivity contribution in [3.8, 4) is 0 Å². The van der Waals surface area contributed by atoms with E-state index in [9.17, 15) is 0 Å². The Hall–Kier alpha value is -1.76. The fourth-order valence-corrected chi connectivity index (χ4v) is 8.18. The molecule has 2 unspecified atom stereocenters. The van der Waals surface area contributed by atoms with E-state index in [1.807, 2.05) is 0 Å². The first-order valence-electron chi connectivity index (χ1n) is 29.6. The van der Waals surface area contributed by atoms with Crippen molar-refractivity contribution in [3.05, 3.63) is 72.9 Å². The molecule has 0 heterocycles. The van der Waals surface area contributed by atoms with Crippen LogP contribution in [-0.4, -0.2) is 77.4 Å². The van der Waals surface area contributed by atoms with Gasteiger partial charge in [-0.2, -0.15) is 0 Å². The highest BCUT2D eigenvalue weighted by Crippen LogP contribution is 2.13. The average molecular weight is 953 g/mol. The summed E-state index contributed by atoms with van der Waals surface area (Å²) in [5, 5.41) is 0. The highest BCUT2D eigenvalue weighted by Gasteiger charge is 2.15. The molecule has 398 valence electrons. The van der Waals surface area contributed by atoms with E-state index in [4.69, 9.17) is 18.9 Å². The molecule has 0 saturated heterocycles. The van der Waals surface area contributed by atoms with Crippen molar-refractivity contribution in [2.75, 3.05) is 60.3 Å². The maximum Gasteiger partial charge on any atom is 0.104 e. The second-order valence-corrected chi connectivity index (χ2v) is 19.9. The van der Waals surface area contributed by atoms with E-state index in [2.05, 4.69) is 113 Å². The quantitative estimate of drug-likeness (QED) is 0.0449. The molecule has 0 aromatic carbocycles. The Morgan fingerprint density at radius 2 is 0.603 bits per heavy atom. The molecule has 0 aromatic rings. The molecule has 5 heteroatoms. The zero-order chi connectivity index (χ0) is 49.2. The third-order valence-corrected chi connectivity index (χ3v) is 12.7. The summed E-state index contributed by atoms with van der Waals surface area (Å²) in [5.74, 6) is 0. The maximum absolute atomic E-state index is 6.44. The lowest BCUT2D eigenvalue weighted by molar-refractivity contribution is -0.0836. The minimum absolute atomic E-state index is 0.0280. The highest BCUT2D eigenvalue weighted by atomic mass is 16.6. The van der Waals surface area contributed by atoms with Crippen molar-refractivity contribution in [2.24, 2.45) is 0 Å². The predicted molar refractivity (Wildman–Crippen MR) is 302 cm³/mol. The molecule has 0 aliphatic heterocycles. The van der Waals surface area contributed by atoms with Crippen LogP contribution in [0.3, 0.4) is 0 Å². The monoisotopic (exact) mass is 952 g/mol. The summed E-state index contributed by atoms with van der Waals surface area (Å²) < 4.78 is 25.5. The van der Waals surface area contributed by atoms with Crippen molar-refractivity contribution in [3.63, 3.8) is 0 Å². The van der Waals surface area contributed by atoms with E-state index in [1.54, 1.807) is 0 Å². The Morgan fingerprint density at radius 3 is 0.971 bits per heavy atom. The summed E-state index contributed by atoms with van der Waals surface area (Å²) >= 11 is 0. The van der Waals surface area contributed by atoms with Gasteiger partial charge in [-0.15, -0.1) is 0 Å². The van der Waals surface area contributed by atoms with Crippen LogP contribution < -0.4 is 0 Å². The van der Waals surface area contributed by atoms with E-state index < -0.39 is 0 Å². The van der Waals surface area contributed by atoms with E-state index in [0.29, 0.717) is 19.8 Å². The normalized spacial score (nSPS) is 13.5. The molecule has 2 atom stereocenters. The van der Waals surface area contributed by atoms with Gasteiger partial charge in [0.05, 0.1) is 25.9 Å². The zero-order valence-corrected chi connectivity index (χ0v) is 46.3. The van der Waals surface area contributed by atoms with Gasteiger partial charge in [-0.1, -0.05) is 209 Å². The van der Waals surface area contributed by atoms with Gasteiger partial charge in [-0.05, 0) is 136 Å². The summed E-state index contributed by atoms with van der Waals surface area (Å²) in [4.78, 5) is 2.25. The number of hydrogen-bond donors (Lipinski definition) is 0. The second-order valence-electron chi connectivity index (χ2n) is 19.9. The van der Waals surface area contributed by atoms with Gasteiger partial charge in [0.15, 0.2) is 0 Å². The van der Waals surface area contributed by atoms with Crippen LogP contribution in [0, 0.1) is 0 Å². The van der Waals surface area contributed by atoms with Crippen LogP contribution in [0.15, 0.2) is 72.9 Å². The standard InChI is InChI=1S/C63H117NO4/c1-6-9-12-15-18-21-24-27-30-33-36-39-42-45-48-51-56-65-60-63(68-58-53-50-47-44-41-38-35-32-29-26-23-20-17-14-11-8-3)61-66-59-62(54-55-64(4)5)67-57-52-49-46-43-40-37-34-31-28-25-22-19-16-13-10-7-2/h18-23,27-32,62-63H,6-17,24-26,33-61H2,1-5H3. The van der Waals surface area contributed by atoms with E-state index in [1.165, 1.54) is 193 Å². The van der Waals surface area contributed by atoms with Crippen LogP contribution in [-0.2, 0) is 18.9 Å². The Kier molecular flexibility index (Phi) is 58.0. The summed E-state index contributed by atoms with van der Waals surface area (Å²) in [6.45, 7) is 12.0. The third kappa shape index (κ3) is 56.8. The van der Waals surface area contributed by atoms with E-state index in [-0.39, 0.29) is 12.2 Å². The van der Waals surface area contributed by atoms with Crippen LogP contribution >= 0.6 is 0 Å². The Morgan fingerprint density at radius 1 is 0.309 bits per heavy atom. The first-order valence-corrected chi connectivity index (χ1v) is 29.6. The molecule has 5 nitrogen and oxygen atoms in total. The molecule has 0 rings (SSSR count). The predicted octanol–water partition coefficient (Wildman–Crippen LogP) is 19.2. The number of ether oxygens (including phenoxy) is 4. The van der Waals surface area contributed by atoms with Gasteiger partial charge in [0.1, 0.15) is 6.10 Å². The van der Waals surface area contributed by atoms with Gasteiger partial charge >= 0.3 is 0 Å². The average Bonchev–Trinajstić information content (AvgIpc) is 3.34. The number of rotatable bonds is 56. The molecule has 0 radical (unpaired) electrons. The molecular weight excluding hydrogens is 835 g/mol. The number of hydrogen-bond acceptors (Lipinski definition) is 5. The van der Waals surface area contributed by atoms with E-state index in [0.717, 1.165) is 71.3 Å². The van der Waals surface area contributed by atoms with Crippen molar-refractivity contribution < 1.29 is 18.9 Å². The second kappa shape index (κ2) is 59.5. The smallest absolute Gasteiger partial charge is 0.104 e. The molecule has 0 spiro atoms. The molecule has 0 aliphatic rings. The molecule has 0 aromatic heterocycles. The highest BCUT2D eigenvalue weighted by molar-refractivity contribution is 4.94. The lowest BCUT2D eigenvalue weighted by atomic mass is 10.1. The molecule has 0 fully saturated rings. The van der Waals surface area contributed by atoms with E-state index >= 15 is 0 Å². The fourth-order valence-electron chi connectivity index (χ4n) is 8.18. The summed E-state index contributed by atoms with van der Waals surface area (Å²) in [5.41, 5.74) is 0. The largest absolute Gasteiger partial charge is 0.379 e. The number of unbranched alkanes of at least 4 members (excludes halogenated alkanes) is 27. The molecule has 0 N–H and O–H groups in total. The minimum Gasteiger partial charge on any atom is -0.379 e. The summed E-state index contributed by atoms with van der Waals surface area (Å²) in [6.07, 6.45) is 74.6.